The van der Waals surface area contributed by atoms with Crippen molar-refractivity contribution in [3.05, 3.63) is 188 Å². The second-order valence-corrected chi connectivity index (χ2v) is 15.2. The molecule has 0 radical (unpaired) electrons. The lowest BCUT2D eigenvalue weighted by Gasteiger charge is -2.11. The van der Waals surface area contributed by atoms with Gasteiger partial charge >= 0.3 is 0 Å². The normalized spacial score (nSPS) is 12.1. The molecule has 4 nitrogen and oxygen atoms in total. The second-order valence-electron chi connectivity index (χ2n) is 15.2. The molecule has 0 N–H and O–H groups in total. The van der Waals surface area contributed by atoms with Crippen molar-refractivity contribution in [2.45, 2.75) is 0 Å². The van der Waals surface area contributed by atoms with Gasteiger partial charge in [-0.1, -0.05) is 115 Å². The first-order valence-corrected chi connectivity index (χ1v) is 19.7. The van der Waals surface area contributed by atoms with Gasteiger partial charge in [-0.05, 0) is 95.1 Å². The van der Waals surface area contributed by atoms with Crippen LogP contribution < -0.4 is 0 Å². The van der Waals surface area contributed by atoms with E-state index in [9.17, 15) is 0 Å². The zero-order chi connectivity index (χ0) is 37.9. The molecule has 0 saturated carbocycles. The van der Waals surface area contributed by atoms with Crippen molar-refractivity contribution in [2.24, 2.45) is 0 Å². The highest BCUT2D eigenvalue weighted by Crippen LogP contribution is 2.46. The summed E-state index contributed by atoms with van der Waals surface area (Å²) in [6.45, 7) is 0. The number of benzene rings is 9. The Morgan fingerprint density at radius 3 is 1.57 bits per heavy atom. The third-order valence-corrected chi connectivity index (χ3v) is 12.0. The van der Waals surface area contributed by atoms with Gasteiger partial charge in [0.2, 0.25) is 0 Å². The van der Waals surface area contributed by atoms with Crippen LogP contribution in [0.15, 0.2) is 201 Å². The minimum absolute atomic E-state index is 0.854. The number of hydrogen-bond donors (Lipinski definition) is 0. The number of fused-ring (bicyclic) bond motifs is 12. The van der Waals surface area contributed by atoms with E-state index in [2.05, 4.69) is 168 Å². The first kappa shape index (κ1) is 31.4. The van der Waals surface area contributed by atoms with E-state index in [1.165, 1.54) is 27.4 Å². The average molecular weight is 742 g/mol. The van der Waals surface area contributed by atoms with Gasteiger partial charge in [0.25, 0.3) is 0 Å². The molecule has 0 bridgehead atoms. The molecular weight excluding hydrogens is 711 g/mol. The predicted octanol–water partition coefficient (Wildman–Crippen LogP) is 15.5. The lowest BCUT2D eigenvalue weighted by Crippen LogP contribution is -1.93. The molecule has 0 atom stereocenters. The minimum atomic E-state index is 0.854. The van der Waals surface area contributed by atoms with Crippen LogP contribution in [-0.4, -0.2) is 4.57 Å². The molecule has 13 rings (SSSR count). The van der Waals surface area contributed by atoms with Crippen molar-refractivity contribution in [3.8, 4) is 39.1 Å². The van der Waals surface area contributed by atoms with Crippen LogP contribution in [-0.2, 0) is 0 Å². The number of rotatable bonds is 4. The lowest BCUT2D eigenvalue weighted by atomic mass is 9.92. The minimum Gasteiger partial charge on any atom is -0.456 e. The number of aromatic nitrogens is 1. The third-order valence-electron chi connectivity index (χ3n) is 12.0. The van der Waals surface area contributed by atoms with E-state index in [0.717, 1.165) is 99.3 Å². The summed E-state index contributed by atoms with van der Waals surface area (Å²) in [4.78, 5) is 0. The smallest absolute Gasteiger partial charge is 0.143 e. The van der Waals surface area contributed by atoms with Crippen LogP contribution in [0.4, 0.5) is 0 Å². The summed E-state index contributed by atoms with van der Waals surface area (Å²) in [6, 6.07) is 66.7. The molecule has 4 heterocycles. The van der Waals surface area contributed by atoms with Gasteiger partial charge < -0.3 is 17.8 Å². The van der Waals surface area contributed by atoms with E-state index in [1.807, 2.05) is 24.3 Å². The maximum absolute atomic E-state index is 7.15. The Balaban J connectivity index is 1.11. The van der Waals surface area contributed by atoms with Crippen LogP contribution in [0.25, 0.3) is 127 Å². The average Bonchev–Trinajstić information content (AvgIpc) is 4.05. The number of furan rings is 3. The van der Waals surface area contributed by atoms with Crippen molar-refractivity contribution in [3.63, 3.8) is 0 Å². The van der Waals surface area contributed by atoms with Gasteiger partial charge in [0.05, 0.1) is 11.0 Å². The molecule has 0 fully saturated rings. The molecule has 0 aliphatic heterocycles. The first-order chi connectivity index (χ1) is 28.7. The third kappa shape index (κ3) is 4.45. The number of para-hydroxylation sites is 5. The van der Waals surface area contributed by atoms with Crippen molar-refractivity contribution in [2.75, 3.05) is 0 Å². The highest BCUT2D eigenvalue weighted by atomic mass is 16.3. The standard InChI is InChI=1S/C54H31NO3/c1-2-12-35(13-3-1)55-46-20-7-4-16-41(46)52-36(17-11-21-47(52)55)34-30-42(33-25-27-51-44(29-33)39-15-6-9-23-49(39)57-51)54-45(31-34)40-19-10-18-37(53(40)58-54)32-24-26-50-43(28-32)38-14-5-8-22-48(38)56-50/h1-31H. The highest BCUT2D eigenvalue weighted by molar-refractivity contribution is 6.20. The van der Waals surface area contributed by atoms with Crippen LogP contribution in [0.5, 0.6) is 0 Å². The van der Waals surface area contributed by atoms with Crippen molar-refractivity contribution >= 4 is 87.6 Å². The molecular formula is C54H31NO3. The molecule has 58 heavy (non-hydrogen) atoms. The summed E-state index contributed by atoms with van der Waals surface area (Å²) in [5, 5.41) is 8.95. The van der Waals surface area contributed by atoms with Gasteiger partial charge in [0.15, 0.2) is 0 Å². The van der Waals surface area contributed by atoms with Crippen molar-refractivity contribution in [1.29, 1.82) is 0 Å². The van der Waals surface area contributed by atoms with Gasteiger partial charge in [0.1, 0.15) is 33.5 Å². The van der Waals surface area contributed by atoms with E-state index < -0.39 is 0 Å². The molecule has 4 aromatic heterocycles. The van der Waals surface area contributed by atoms with E-state index in [0.29, 0.717) is 0 Å². The predicted molar refractivity (Wildman–Crippen MR) is 239 cm³/mol. The van der Waals surface area contributed by atoms with Gasteiger partial charge in [-0.3, -0.25) is 0 Å². The monoisotopic (exact) mass is 741 g/mol. The topological polar surface area (TPSA) is 44.4 Å². The maximum Gasteiger partial charge on any atom is 0.143 e. The molecule has 0 aliphatic carbocycles. The summed E-state index contributed by atoms with van der Waals surface area (Å²) in [6.07, 6.45) is 0. The summed E-state index contributed by atoms with van der Waals surface area (Å²) >= 11 is 0. The number of hydrogen-bond acceptors (Lipinski definition) is 3. The molecule has 0 saturated heterocycles. The zero-order valence-electron chi connectivity index (χ0n) is 31.1. The van der Waals surface area contributed by atoms with Crippen molar-refractivity contribution < 1.29 is 13.3 Å². The maximum atomic E-state index is 7.15. The SMILES string of the molecule is c1ccc(-n2c3ccccc3c3c(-c4cc(-c5ccc6oc7ccccc7c6c5)c5oc6c(-c7ccc8oc9ccccc9c8c7)cccc6c5c4)cccc32)cc1. The second kappa shape index (κ2) is 11.8. The van der Waals surface area contributed by atoms with Gasteiger partial charge in [0, 0.05) is 59.9 Å². The Bertz CT molecular complexity index is 3800. The van der Waals surface area contributed by atoms with Gasteiger partial charge in [-0.15, -0.1) is 0 Å². The van der Waals surface area contributed by atoms with Gasteiger partial charge in [-0.25, -0.2) is 0 Å². The Hall–Kier alpha value is -7.82. The van der Waals surface area contributed by atoms with Crippen LogP contribution in [0.3, 0.4) is 0 Å². The van der Waals surface area contributed by atoms with Crippen molar-refractivity contribution in [1.82, 2.24) is 4.57 Å². The van der Waals surface area contributed by atoms with E-state index in [1.54, 1.807) is 0 Å². The summed E-state index contributed by atoms with van der Waals surface area (Å²) < 4.78 is 22.0. The van der Waals surface area contributed by atoms with Crippen LogP contribution in [0.2, 0.25) is 0 Å². The fourth-order valence-electron chi connectivity index (χ4n) is 9.40. The van der Waals surface area contributed by atoms with E-state index in [4.69, 9.17) is 13.3 Å². The Kier molecular flexibility index (Phi) is 6.41. The number of nitrogens with zero attached hydrogens (tertiary/aromatic N) is 1. The Morgan fingerprint density at radius 1 is 0.293 bits per heavy atom. The van der Waals surface area contributed by atoms with E-state index >= 15 is 0 Å². The fraction of sp³-hybridized carbons (Fsp3) is 0. The molecule has 0 aliphatic rings. The molecule has 0 spiro atoms. The zero-order valence-corrected chi connectivity index (χ0v) is 31.1. The lowest BCUT2D eigenvalue weighted by molar-refractivity contribution is 0.668. The summed E-state index contributed by atoms with van der Waals surface area (Å²) in [7, 11) is 0. The Morgan fingerprint density at radius 2 is 0.828 bits per heavy atom. The Labute approximate surface area is 331 Å². The molecule has 4 heteroatoms. The largest absolute Gasteiger partial charge is 0.456 e. The first-order valence-electron chi connectivity index (χ1n) is 19.7. The molecule has 270 valence electrons. The molecule has 0 unspecified atom stereocenters. The molecule has 0 amide bonds. The van der Waals surface area contributed by atoms with Gasteiger partial charge in [-0.2, -0.15) is 0 Å². The fourth-order valence-corrected chi connectivity index (χ4v) is 9.40. The quantitative estimate of drug-likeness (QED) is 0.180. The summed E-state index contributed by atoms with van der Waals surface area (Å²) in [5.41, 5.74) is 15.2. The highest BCUT2D eigenvalue weighted by Gasteiger charge is 2.22. The van der Waals surface area contributed by atoms with Crippen LogP contribution >= 0.6 is 0 Å². The van der Waals surface area contributed by atoms with Crippen LogP contribution in [0, 0.1) is 0 Å². The van der Waals surface area contributed by atoms with E-state index in [-0.39, 0.29) is 0 Å². The van der Waals surface area contributed by atoms with Crippen LogP contribution in [0.1, 0.15) is 0 Å². The summed E-state index contributed by atoms with van der Waals surface area (Å²) in [5.74, 6) is 0. The molecule has 13 aromatic rings. The molecule has 9 aromatic carbocycles.